The number of hydrogen-bond acceptors (Lipinski definition) is 6. The Morgan fingerprint density at radius 2 is 1.36 bits per heavy atom. The largest absolute Gasteiger partial charge is 0.416 e. The molecule has 0 unspecified atom stereocenters. The molecule has 290 valence electrons. The van der Waals surface area contributed by atoms with Crippen LogP contribution in [0.2, 0.25) is 0 Å². The SMILES string of the molecule is CC(=O)N1CCN(c2ccc(CN(C(=O)C=Cc3ccc(C(F)(F)F)cc3)[C@@H](Cc3ccccc3)C(=O)N3CCN(Cc4ccc(C#N)cc4)CC3)cc2)CC1. The number of alkyl halides is 3. The smallest absolute Gasteiger partial charge is 0.368 e. The van der Waals surface area contributed by atoms with Gasteiger partial charge in [-0.15, -0.1) is 0 Å². The molecule has 12 heteroatoms. The molecule has 9 nitrogen and oxygen atoms in total. The maximum absolute atomic E-state index is 14.6. The van der Waals surface area contributed by atoms with Gasteiger partial charge >= 0.3 is 6.18 Å². The molecule has 0 aromatic heterocycles. The van der Waals surface area contributed by atoms with Crippen LogP contribution in [0.15, 0.2) is 109 Å². The fourth-order valence-corrected chi connectivity index (χ4v) is 7.12. The highest BCUT2D eigenvalue weighted by Crippen LogP contribution is 2.29. The molecule has 3 amide bonds. The molecule has 2 fully saturated rings. The maximum Gasteiger partial charge on any atom is 0.416 e. The van der Waals surface area contributed by atoms with Crippen LogP contribution in [-0.2, 0) is 40.1 Å². The molecule has 6 rings (SSSR count). The van der Waals surface area contributed by atoms with Crippen LogP contribution in [-0.4, -0.2) is 95.7 Å². The van der Waals surface area contributed by atoms with Gasteiger partial charge in [-0.05, 0) is 64.7 Å². The molecule has 0 aliphatic carbocycles. The number of piperazine rings is 2. The lowest BCUT2D eigenvalue weighted by molar-refractivity contribution is -0.145. The summed E-state index contributed by atoms with van der Waals surface area (Å²) in [4.78, 5) is 50.4. The van der Waals surface area contributed by atoms with Crippen molar-refractivity contribution in [1.82, 2.24) is 19.6 Å². The van der Waals surface area contributed by atoms with Gasteiger partial charge in [-0.3, -0.25) is 19.3 Å². The van der Waals surface area contributed by atoms with Crippen molar-refractivity contribution in [2.75, 3.05) is 57.3 Å². The number of amides is 3. The van der Waals surface area contributed by atoms with Gasteiger partial charge in [0.05, 0.1) is 17.2 Å². The van der Waals surface area contributed by atoms with Crippen molar-refractivity contribution in [2.24, 2.45) is 0 Å². The van der Waals surface area contributed by atoms with E-state index in [4.69, 9.17) is 5.26 Å². The molecule has 0 N–H and O–H groups in total. The van der Waals surface area contributed by atoms with E-state index in [-0.39, 0.29) is 24.8 Å². The maximum atomic E-state index is 14.6. The van der Waals surface area contributed by atoms with Crippen molar-refractivity contribution in [3.8, 4) is 6.07 Å². The summed E-state index contributed by atoms with van der Waals surface area (Å²) in [7, 11) is 0. The topological polar surface area (TPSA) is 91.2 Å². The molecule has 56 heavy (non-hydrogen) atoms. The number of carbonyl (C=O) groups is 3. The van der Waals surface area contributed by atoms with Crippen LogP contribution < -0.4 is 4.90 Å². The zero-order chi connectivity index (χ0) is 39.7. The Hall–Kier alpha value is -5.93. The Kier molecular flexibility index (Phi) is 12.9. The molecule has 2 heterocycles. The zero-order valence-electron chi connectivity index (χ0n) is 31.4. The van der Waals surface area contributed by atoms with Crippen LogP contribution in [0.4, 0.5) is 18.9 Å². The summed E-state index contributed by atoms with van der Waals surface area (Å²) in [5.74, 6) is -0.562. The highest BCUT2D eigenvalue weighted by molar-refractivity contribution is 5.96. The minimum absolute atomic E-state index is 0.0571. The van der Waals surface area contributed by atoms with E-state index < -0.39 is 23.7 Å². The third-order valence-corrected chi connectivity index (χ3v) is 10.4. The van der Waals surface area contributed by atoms with Gasteiger partial charge in [-0.25, -0.2) is 0 Å². The molecule has 4 aromatic carbocycles. The molecule has 0 radical (unpaired) electrons. The summed E-state index contributed by atoms with van der Waals surface area (Å²) in [6.45, 7) is 7.26. The first-order valence-electron chi connectivity index (χ1n) is 18.8. The molecule has 2 aliphatic heterocycles. The lowest BCUT2D eigenvalue weighted by atomic mass is 10.0. The highest BCUT2D eigenvalue weighted by atomic mass is 19.4. The summed E-state index contributed by atoms with van der Waals surface area (Å²) in [5, 5.41) is 9.15. The Morgan fingerprint density at radius 1 is 0.750 bits per heavy atom. The second-order valence-electron chi connectivity index (χ2n) is 14.2. The van der Waals surface area contributed by atoms with E-state index in [2.05, 4.69) is 15.9 Å². The van der Waals surface area contributed by atoms with Crippen LogP contribution in [0.5, 0.6) is 0 Å². The molecule has 2 saturated heterocycles. The summed E-state index contributed by atoms with van der Waals surface area (Å²) in [6, 6.07) is 30.7. The van der Waals surface area contributed by atoms with Gasteiger partial charge in [0, 0.05) is 90.6 Å². The van der Waals surface area contributed by atoms with E-state index in [0.717, 1.165) is 34.5 Å². The van der Waals surface area contributed by atoms with E-state index in [1.165, 1.54) is 24.3 Å². The van der Waals surface area contributed by atoms with Crippen molar-refractivity contribution >= 4 is 29.5 Å². The number of nitriles is 1. The Morgan fingerprint density at radius 3 is 1.95 bits per heavy atom. The fraction of sp³-hybridized carbons (Fsp3) is 0.318. The fourth-order valence-electron chi connectivity index (χ4n) is 7.12. The molecule has 1 atom stereocenters. The van der Waals surface area contributed by atoms with E-state index in [1.807, 2.05) is 76.5 Å². The Labute approximate surface area is 325 Å². The minimum atomic E-state index is -4.48. The van der Waals surface area contributed by atoms with Gasteiger partial charge in [-0.1, -0.05) is 66.7 Å². The Balaban J connectivity index is 1.24. The minimum Gasteiger partial charge on any atom is -0.368 e. The van der Waals surface area contributed by atoms with Gasteiger partial charge in [0.2, 0.25) is 17.7 Å². The summed E-state index contributed by atoms with van der Waals surface area (Å²) in [6.07, 6.45) is -1.41. The van der Waals surface area contributed by atoms with Gasteiger partial charge < -0.3 is 19.6 Å². The van der Waals surface area contributed by atoms with E-state index in [9.17, 15) is 27.6 Å². The molecular formula is C44H45F3N6O3. The van der Waals surface area contributed by atoms with Gasteiger partial charge in [0.25, 0.3) is 0 Å². The van der Waals surface area contributed by atoms with E-state index in [1.54, 1.807) is 24.0 Å². The highest BCUT2D eigenvalue weighted by Gasteiger charge is 2.34. The van der Waals surface area contributed by atoms with Crippen LogP contribution in [0.1, 0.15) is 40.3 Å². The molecule has 0 bridgehead atoms. The third kappa shape index (κ3) is 10.4. The van der Waals surface area contributed by atoms with Crippen LogP contribution in [0, 0.1) is 11.3 Å². The first-order valence-corrected chi connectivity index (χ1v) is 18.8. The number of hydrogen-bond donors (Lipinski definition) is 0. The van der Waals surface area contributed by atoms with E-state index in [0.29, 0.717) is 70.0 Å². The van der Waals surface area contributed by atoms with Crippen molar-refractivity contribution in [3.05, 3.63) is 143 Å². The molecule has 4 aromatic rings. The average Bonchev–Trinajstić information content (AvgIpc) is 3.22. The predicted octanol–water partition coefficient (Wildman–Crippen LogP) is 6.24. The molecule has 0 saturated carbocycles. The molecule has 0 spiro atoms. The quantitative estimate of drug-likeness (QED) is 0.168. The number of rotatable bonds is 11. The van der Waals surface area contributed by atoms with Crippen molar-refractivity contribution in [3.63, 3.8) is 0 Å². The normalized spacial score (nSPS) is 15.7. The first kappa shape index (κ1) is 39.8. The zero-order valence-corrected chi connectivity index (χ0v) is 31.4. The average molecular weight is 763 g/mol. The summed E-state index contributed by atoms with van der Waals surface area (Å²) < 4.78 is 39.7. The van der Waals surface area contributed by atoms with Gasteiger partial charge in [0.1, 0.15) is 6.04 Å². The number of halogens is 3. The number of benzene rings is 4. The van der Waals surface area contributed by atoms with Crippen LogP contribution in [0.25, 0.3) is 6.08 Å². The van der Waals surface area contributed by atoms with Crippen molar-refractivity contribution in [2.45, 2.75) is 38.7 Å². The first-order chi connectivity index (χ1) is 27.0. The lowest BCUT2D eigenvalue weighted by Crippen LogP contribution is -2.56. The van der Waals surface area contributed by atoms with Crippen LogP contribution in [0.3, 0.4) is 0 Å². The van der Waals surface area contributed by atoms with E-state index >= 15 is 0 Å². The summed E-state index contributed by atoms with van der Waals surface area (Å²) >= 11 is 0. The van der Waals surface area contributed by atoms with Crippen molar-refractivity contribution in [1.29, 1.82) is 5.26 Å². The second-order valence-corrected chi connectivity index (χ2v) is 14.2. The predicted molar refractivity (Wildman–Crippen MR) is 209 cm³/mol. The molecule has 2 aliphatic rings. The monoisotopic (exact) mass is 762 g/mol. The standard InChI is InChI=1S/C44H45F3N6O3/c1-33(54)50-25-27-51(28-26-50)40-18-13-38(14-19-40)32-53(42(55)20-15-34-11-16-39(17-12-34)44(45,46)47)41(29-35-5-3-2-4-6-35)43(56)52-23-21-49(22-24-52)31-37-9-7-36(30-48)8-10-37/h2-20,41H,21-29,31-32H2,1H3/t41-/m0/s1. The van der Waals surface area contributed by atoms with Gasteiger partial charge in [-0.2, -0.15) is 18.4 Å². The van der Waals surface area contributed by atoms with Crippen LogP contribution >= 0.6 is 0 Å². The number of nitrogens with zero attached hydrogens (tertiary/aromatic N) is 6. The van der Waals surface area contributed by atoms with Crippen molar-refractivity contribution < 1.29 is 27.6 Å². The molecular weight excluding hydrogens is 718 g/mol. The summed E-state index contributed by atoms with van der Waals surface area (Å²) in [5.41, 5.74) is 4.00. The second kappa shape index (κ2) is 18.1. The Bertz CT molecular complexity index is 2010. The lowest BCUT2D eigenvalue weighted by Gasteiger charge is -2.39. The number of anilines is 1. The third-order valence-electron chi connectivity index (χ3n) is 10.4. The number of carbonyl (C=O) groups excluding carboxylic acids is 3. The van der Waals surface area contributed by atoms with Gasteiger partial charge in [0.15, 0.2) is 0 Å².